The van der Waals surface area contributed by atoms with Gasteiger partial charge in [-0.25, -0.2) is 0 Å². The Hall–Kier alpha value is -0.610. The van der Waals surface area contributed by atoms with Crippen molar-refractivity contribution in [2.75, 3.05) is 13.2 Å². The standard InChI is InChI=1S/C13H24N2O2/c14-9-13(6-3-7-13)12(17)15-11-5-2-1-4-10(11)8-16/h10-11,16H,1-9,14H2,(H,15,17). The summed E-state index contributed by atoms with van der Waals surface area (Å²) in [5, 5.41) is 12.5. The highest BCUT2D eigenvalue weighted by atomic mass is 16.3. The zero-order valence-electron chi connectivity index (χ0n) is 10.5. The van der Waals surface area contributed by atoms with Crippen LogP contribution in [-0.2, 0) is 4.79 Å². The lowest BCUT2D eigenvalue weighted by molar-refractivity contribution is -0.136. The minimum atomic E-state index is -0.294. The van der Waals surface area contributed by atoms with Crippen molar-refractivity contribution < 1.29 is 9.90 Å². The molecule has 4 nitrogen and oxygen atoms in total. The van der Waals surface area contributed by atoms with Crippen LogP contribution < -0.4 is 11.1 Å². The number of aliphatic hydroxyl groups excluding tert-OH is 1. The van der Waals surface area contributed by atoms with Crippen LogP contribution in [0.15, 0.2) is 0 Å². The number of aliphatic hydroxyl groups is 1. The Kier molecular flexibility index (Phi) is 4.05. The fraction of sp³-hybridized carbons (Fsp3) is 0.923. The SMILES string of the molecule is NCC1(C(=O)NC2CCCCC2CO)CCC1. The van der Waals surface area contributed by atoms with Gasteiger partial charge in [-0.3, -0.25) is 4.79 Å². The predicted molar refractivity (Wildman–Crippen MR) is 66.3 cm³/mol. The minimum absolute atomic E-state index is 0.122. The second-order valence-electron chi connectivity index (χ2n) is 5.65. The van der Waals surface area contributed by atoms with E-state index in [4.69, 9.17) is 5.73 Å². The molecule has 0 aromatic carbocycles. The van der Waals surface area contributed by atoms with E-state index in [0.29, 0.717) is 6.54 Å². The molecule has 98 valence electrons. The Balaban J connectivity index is 1.92. The summed E-state index contributed by atoms with van der Waals surface area (Å²) in [5.74, 6) is 0.360. The highest BCUT2D eigenvalue weighted by Crippen LogP contribution is 2.40. The van der Waals surface area contributed by atoms with E-state index in [-0.39, 0.29) is 29.9 Å². The van der Waals surface area contributed by atoms with E-state index in [2.05, 4.69) is 5.32 Å². The van der Waals surface area contributed by atoms with Crippen LogP contribution in [0.25, 0.3) is 0 Å². The van der Waals surface area contributed by atoms with Crippen molar-refractivity contribution in [1.82, 2.24) is 5.32 Å². The van der Waals surface area contributed by atoms with E-state index < -0.39 is 0 Å². The van der Waals surface area contributed by atoms with Crippen molar-refractivity contribution in [3.8, 4) is 0 Å². The molecular formula is C13H24N2O2. The maximum Gasteiger partial charge on any atom is 0.227 e. The number of hydrogen-bond donors (Lipinski definition) is 3. The number of amides is 1. The highest BCUT2D eigenvalue weighted by molar-refractivity contribution is 5.84. The minimum Gasteiger partial charge on any atom is -0.396 e. The summed E-state index contributed by atoms with van der Waals surface area (Å²) in [6.45, 7) is 0.635. The Bertz CT molecular complexity index is 271. The summed E-state index contributed by atoms with van der Waals surface area (Å²) in [6, 6.07) is 0.158. The monoisotopic (exact) mass is 240 g/mol. The van der Waals surface area contributed by atoms with E-state index in [1.165, 1.54) is 6.42 Å². The average molecular weight is 240 g/mol. The number of nitrogens with one attached hydrogen (secondary N) is 1. The maximum absolute atomic E-state index is 12.2. The van der Waals surface area contributed by atoms with Crippen molar-refractivity contribution in [2.45, 2.75) is 51.0 Å². The summed E-state index contributed by atoms with van der Waals surface area (Å²) in [6.07, 6.45) is 7.29. The number of rotatable bonds is 4. The van der Waals surface area contributed by atoms with Crippen molar-refractivity contribution in [2.24, 2.45) is 17.1 Å². The van der Waals surface area contributed by atoms with Gasteiger partial charge in [0.15, 0.2) is 0 Å². The topological polar surface area (TPSA) is 75.4 Å². The molecule has 0 aromatic rings. The van der Waals surface area contributed by atoms with Crippen molar-refractivity contribution in [3.63, 3.8) is 0 Å². The normalized spacial score (nSPS) is 31.6. The molecule has 0 saturated heterocycles. The van der Waals surface area contributed by atoms with Crippen molar-refractivity contribution >= 4 is 5.91 Å². The fourth-order valence-electron chi connectivity index (χ4n) is 3.07. The molecule has 0 aliphatic heterocycles. The molecule has 2 unspecified atom stereocenters. The molecule has 4 N–H and O–H groups in total. The second-order valence-corrected chi connectivity index (χ2v) is 5.65. The fourth-order valence-corrected chi connectivity index (χ4v) is 3.07. The molecule has 2 aliphatic carbocycles. The second kappa shape index (κ2) is 5.36. The van der Waals surface area contributed by atoms with Gasteiger partial charge in [0.05, 0.1) is 5.41 Å². The quantitative estimate of drug-likeness (QED) is 0.680. The average Bonchev–Trinajstić information content (AvgIpc) is 2.29. The van der Waals surface area contributed by atoms with Gasteiger partial charge in [0, 0.05) is 25.1 Å². The Labute approximate surface area is 103 Å². The predicted octanol–water partition coefficient (Wildman–Crippen LogP) is 0.783. The van der Waals surface area contributed by atoms with Gasteiger partial charge in [-0.2, -0.15) is 0 Å². The van der Waals surface area contributed by atoms with Crippen molar-refractivity contribution in [1.29, 1.82) is 0 Å². The third kappa shape index (κ3) is 2.47. The summed E-state index contributed by atoms with van der Waals surface area (Å²) in [5.41, 5.74) is 5.44. The molecule has 0 radical (unpaired) electrons. The third-order valence-electron chi connectivity index (χ3n) is 4.64. The maximum atomic E-state index is 12.2. The lowest BCUT2D eigenvalue weighted by Crippen LogP contribution is -2.55. The summed E-state index contributed by atoms with van der Waals surface area (Å²) < 4.78 is 0. The first kappa shape index (κ1) is 12.8. The smallest absolute Gasteiger partial charge is 0.227 e. The molecule has 4 heteroatoms. The van der Waals surface area contributed by atoms with Gasteiger partial charge in [0.25, 0.3) is 0 Å². The van der Waals surface area contributed by atoms with Crippen LogP contribution in [0.5, 0.6) is 0 Å². The lowest BCUT2D eigenvalue weighted by Gasteiger charge is -2.41. The van der Waals surface area contributed by atoms with Gasteiger partial charge in [0.1, 0.15) is 0 Å². The Morgan fingerprint density at radius 1 is 1.29 bits per heavy atom. The first-order valence-electron chi connectivity index (χ1n) is 6.84. The van der Waals surface area contributed by atoms with Crippen LogP contribution in [0.2, 0.25) is 0 Å². The third-order valence-corrected chi connectivity index (χ3v) is 4.64. The summed E-state index contributed by atoms with van der Waals surface area (Å²) >= 11 is 0. The molecule has 2 fully saturated rings. The van der Waals surface area contributed by atoms with Gasteiger partial charge in [-0.15, -0.1) is 0 Å². The van der Waals surface area contributed by atoms with Gasteiger partial charge in [-0.1, -0.05) is 19.3 Å². The van der Waals surface area contributed by atoms with E-state index in [1.54, 1.807) is 0 Å². The molecule has 0 spiro atoms. The van der Waals surface area contributed by atoms with E-state index in [1.807, 2.05) is 0 Å². The molecular weight excluding hydrogens is 216 g/mol. The van der Waals surface area contributed by atoms with E-state index in [9.17, 15) is 9.90 Å². The van der Waals surface area contributed by atoms with E-state index in [0.717, 1.165) is 38.5 Å². The van der Waals surface area contributed by atoms with Crippen LogP contribution in [-0.4, -0.2) is 30.2 Å². The number of nitrogens with two attached hydrogens (primary N) is 1. The zero-order valence-corrected chi connectivity index (χ0v) is 10.5. The van der Waals surface area contributed by atoms with Gasteiger partial charge >= 0.3 is 0 Å². The van der Waals surface area contributed by atoms with Crippen LogP contribution in [0, 0.1) is 11.3 Å². The molecule has 2 saturated carbocycles. The molecule has 2 atom stereocenters. The molecule has 2 rings (SSSR count). The lowest BCUT2D eigenvalue weighted by atomic mass is 9.68. The Morgan fingerprint density at radius 3 is 2.53 bits per heavy atom. The van der Waals surface area contributed by atoms with E-state index >= 15 is 0 Å². The van der Waals surface area contributed by atoms with Crippen LogP contribution >= 0.6 is 0 Å². The molecule has 2 aliphatic rings. The molecule has 0 aromatic heterocycles. The van der Waals surface area contributed by atoms with Crippen LogP contribution in [0.3, 0.4) is 0 Å². The van der Waals surface area contributed by atoms with Gasteiger partial charge in [-0.05, 0) is 25.7 Å². The van der Waals surface area contributed by atoms with Crippen molar-refractivity contribution in [3.05, 3.63) is 0 Å². The molecule has 0 heterocycles. The summed E-state index contributed by atoms with van der Waals surface area (Å²) in [7, 11) is 0. The summed E-state index contributed by atoms with van der Waals surface area (Å²) in [4.78, 5) is 12.2. The van der Waals surface area contributed by atoms with Crippen LogP contribution in [0.1, 0.15) is 44.9 Å². The zero-order chi connectivity index (χ0) is 12.3. The first-order valence-corrected chi connectivity index (χ1v) is 6.84. The number of carbonyl (C=O) groups excluding carboxylic acids is 1. The molecule has 17 heavy (non-hydrogen) atoms. The first-order chi connectivity index (χ1) is 8.22. The molecule has 0 bridgehead atoms. The molecule has 1 amide bonds. The van der Waals surface area contributed by atoms with Gasteiger partial charge < -0.3 is 16.2 Å². The van der Waals surface area contributed by atoms with Crippen LogP contribution in [0.4, 0.5) is 0 Å². The number of hydrogen-bond acceptors (Lipinski definition) is 3. The largest absolute Gasteiger partial charge is 0.396 e. The van der Waals surface area contributed by atoms with Gasteiger partial charge in [0.2, 0.25) is 5.91 Å². The highest BCUT2D eigenvalue weighted by Gasteiger charge is 2.44. The number of carbonyl (C=O) groups is 1. The Morgan fingerprint density at radius 2 is 2.00 bits per heavy atom.